The van der Waals surface area contributed by atoms with Gasteiger partial charge in [0.25, 0.3) is 0 Å². The van der Waals surface area contributed by atoms with E-state index in [1.54, 1.807) is 13.8 Å². The lowest BCUT2D eigenvalue weighted by Crippen LogP contribution is -2.40. The molecule has 158 valence electrons. The second-order valence-corrected chi connectivity index (χ2v) is 7.47. The first kappa shape index (κ1) is 21.9. The molecule has 6 nitrogen and oxygen atoms in total. The first-order chi connectivity index (χ1) is 14.0. The van der Waals surface area contributed by atoms with Gasteiger partial charge in [0.05, 0.1) is 16.3 Å². The van der Waals surface area contributed by atoms with Crippen LogP contribution < -0.4 is 11.0 Å². The van der Waals surface area contributed by atoms with Gasteiger partial charge in [-0.3, -0.25) is 0 Å². The van der Waals surface area contributed by atoms with E-state index in [0.29, 0.717) is 9.70 Å². The summed E-state index contributed by atoms with van der Waals surface area (Å²) < 4.78 is 40.3. The molecule has 0 aliphatic carbocycles. The van der Waals surface area contributed by atoms with Gasteiger partial charge in [0.2, 0.25) is 0 Å². The van der Waals surface area contributed by atoms with Crippen LogP contribution in [-0.4, -0.2) is 26.4 Å². The number of rotatable bonds is 3. The molecule has 0 fully saturated rings. The fraction of sp³-hybridized carbons (Fsp3) is 0.211. The number of hydrogen-bond acceptors (Lipinski definition) is 3. The van der Waals surface area contributed by atoms with Crippen molar-refractivity contribution in [1.29, 1.82) is 0 Å². The van der Waals surface area contributed by atoms with Gasteiger partial charge in [-0.05, 0) is 56.3 Å². The third-order valence-electron chi connectivity index (χ3n) is 4.01. The zero-order valence-corrected chi connectivity index (χ0v) is 17.2. The van der Waals surface area contributed by atoms with Crippen molar-refractivity contribution >= 4 is 29.2 Å². The number of carbonyl (C=O) groups excluding carboxylic acids is 1. The molecule has 0 spiro atoms. The Labute approximate surface area is 178 Å². The van der Waals surface area contributed by atoms with Crippen LogP contribution in [0.5, 0.6) is 0 Å². The van der Waals surface area contributed by atoms with Crippen LogP contribution in [0.2, 0.25) is 10.0 Å². The van der Waals surface area contributed by atoms with Gasteiger partial charge in [0.15, 0.2) is 5.82 Å². The van der Waals surface area contributed by atoms with E-state index >= 15 is 0 Å². The fourth-order valence-corrected chi connectivity index (χ4v) is 3.18. The molecule has 30 heavy (non-hydrogen) atoms. The summed E-state index contributed by atoms with van der Waals surface area (Å²) in [6.07, 6.45) is -4.53. The maximum absolute atomic E-state index is 13.0. The van der Waals surface area contributed by atoms with Crippen molar-refractivity contribution in [3.8, 4) is 17.1 Å². The number of aromatic nitrogens is 3. The van der Waals surface area contributed by atoms with E-state index in [1.165, 1.54) is 18.2 Å². The molecule has 0 saturated heterocycles. The summed E-state index contributed by atoms with van der Waals surface area (Å²) in [5, 5.41) is 7.11. The third kappa shape index (κ3) is 4.36. The Balaban J connectivity index is 2.23. The number of amides is 1. The van der Waals surface area contributed by atoms with E-state index < -0.39 is 23.5 Å². The summed E-state index contributed by atoms with van der Waals surface area (Å²) >= 11 is 12.2. The summed E-state index contributed by atoms with van der Waals surface area (Å²) in [6.45, 7) is 3.40. The minimum absolute atomic E-state index is 0.0275. The molecule has 0 unspecified atom stereocenters. The molecule has 1 aromatic heterocycles. The molecule has 3 aromatic rings. The van der Waals surface area contributed by atoms with E-state index in [-0.39, 0.29) is 28.1 Å². The van der Waals surface area contributed by atoms with Crippen molar-refractivity contribution in [2.24, 2.45) is 0 Å². The number of nitrogens with one attached hydrogen (secondary N) is 1. The molecule has 1 amide bonds. The average molecular weight is 459 g/mol. The molecule has 11 heteroatoms. The molecule has 0 saturated carbocycles. The van der Waals surface area contributed by atoms with Crippen LogP contribution in [0.1, 0.15) is 19.4 Å². The Morgan fingerprint density at radius 3 is 2.27 bits per heavy atom. The lowest BCUT2D eigenvalue weighted by atomic mass is 10.1. The van der Waals surface area contributed by atoms with Gasteiger partial charge >= 0.3 is 17.9 Å². The molecule has 0 aliphatic heterocycles. The van der Waals surface area contributed by atoms with Gasteiger partial charge in [-0.15, -0.1) is 9.78 Å². The summed E-state index contributed by atoms with van der Waals surface area (Å²) in [4.78, 5) is 25.4. The van der Waals surface area contributed by atoms with E-state index in [1.807, 2.05) is 0 Å². The maximum Gasteiger partial charge on any atom is 0.416 e. The normalized spacial score (nSPS) is 11.7. The van der Waals surface area contributed by atoms with E-state index in [4.69, 9.17) is 23.2 Å². The molecular formula is C19H15Cl2F3N4O2. The van der Waals surface area contributed by atoms with Gasteiger partial charge in [-0.1, -0.05) is 23.2 Å². The summed E-state index contributed by atoms with van der Waals surface area (Å²) in [7, 11) is 0. The Morgan fingerprint density at radius 2 is 1.73 bits per heavy atom. The number of alkyl halides is 3. The van der Waals surface area contributed by atoms with Crippen molar-refractivity contribution in [2.75, 3.05) is 0 Å². The largest absolute Gasteiger partial charge is 0.416 e. The first-order valence-corrected chi connectivity index (χ1v) is 9.40. The minimum Gasteiger partial charge on any atom is -0.334 e. The zero-order valence-electron chi connectivity index (χ0n) is 15.7. The Bertz CT molecular complexity index is 1150. The second-order valence-electron chi connectivity index (χ2n) is 6.63. The van der Waals surface area contributed by atoms with Crippen molar-refractivity contribution in [1.82, 2.24) is 19.7 Å². The van der Waals surface area contributed by atoms with Gasteiger partial charge < -0.3 is 5.32 Å². The van der Waals surface area contributed by atoms with Crippen LogP contribution in [0.25, 0.3) is 17.1 Å². The molecule has 2 aromatic carbocycles. The van der Waals surface area contributed by atoms with Crippen molar-refractivity contribution < 1.29 is 18.0 Å². The molecule has 1 heterocycles. The second kappa shape index (κ2) is 8.16. The smallest absolute Gasteiger partial charge is 0.334 e. The molecule has 0 bridgehead atoms. The van der Waals surface area contributed by atoms with Crippen LogP contribution >= 0.6 is 23.2 Å². The van der Waals surface area contributed by atoms with Gasteiger partial charge in [0.1, 0.15) is 0 Å². The van der Waals surface area contributed by atoms with Crippen LogP contribution in [0, 0.1) is 0 Å². The monoisotopic (exact) mass is 458 g/mol. The number of hydrogen-bond donors (Lipinski definition) is 1. The quantitative estimate of drug-likeness (QED) is 0.600. The van der Waals surface area contributed by atoms with Crippen LogP contribution in [0.3, 0.4) is 0 Å². The Kier molecular flexibility index (Phi) is 5.96. The lowest BCUT2D eigenvalue weighted by Gasteiger charge is -2.10. The van der Waals surface area contributed by atoms with Crippen molar-refractivity contribution in [3.05, 3.63) is 68.6 Å². The van der Waals surface area contributed by atoms with Crippen molar-refractivity contribution in [3.63, 3.8) is 0 Å². The van der Waals surface area contributed by atoms with E-state index in [0.717, 1.165) is 28.8 Å². The lowest BCUT2D eigenvalue weighted by molar-refractivity contribution is -0.137. The van der Waals surface area contributed by atoms with Gasteiger partial charge in [-0.25, -0.2) is 14.2 Å². The highest BCUT2D eigenvalue weighted by molar-refractivity contribution is 6.36. The predicted molar refractivity (Wildman–Crippen MR) is 107 cm³/mol. The summed E-state index contributed by atoms with van der Waals surface area (Å²) in [5.74, 6) is -0.0275. The molecular weight excluding hydrogens is 444 g/mol. The Morgan fingerprint density at radius 1 is 1.10 bits per heavy atom. The first-order valence-electron chi connectivity index (χ1n) is 8.65. The molecule has 0 radical (unpaired) electrons. The summed E-state index contributed by atoms with van der Waals surface area (Å²) in [6, 6.07) is 7.27. The highest BCUT2D eigenvalue weighted by atomic mass is 35.5. The van der Waals surface area contributed by atoms with Crippen LogP contribution in [-0.2, 0) is 6.18 Å². The van der Waals surface area contributed by atoms with Crippen LogP contribution in [0.15, 0.2) is 47.3 Å². The predicted octanol–water partition coefficient (Wildman–Crippen LogP) is 4.99. The highest BCUT2D eigenvalue weighted by Gasteiger charge is 2.30. The Hall–Kier alpha value is -2.78. The van der Waals surface area contributed by atoms with E-state index in [2.05, 4.69) is 10.4 Å². The number of benzene rings is 2. The standard InChI is InChI=1S/C19H15Cl2F3N4O2/c1-10(2)25-17(29)28-18(30)27(13-6-3-11(4-7-13)19(22,23)24)16(26-28)14-8-5-12(20)9-15(14)21/h3-10H,1-2H3,(H,25,29). The fourth-order valence-electron chi connectivity index (χ4n) is 2.69. The summed E-state index contributed by atoms with van der Waals surface area (Å²) in [5.41, 5.74) is -1.39. The maximum atomic E-state index is 13.0. The van der Waals surface area contributed by atoms with Crippen molar-refractivity contribution in [2.45, 2.75) is 26.1 Å². The molecule has 0 atom stereocenters. The minimum atomic E-state index is -4.53. The highest BCUT2D eigenvalue weighted by Crippen LogP contribution is 2.32. The number of carbonyl (C=O) groups is 1. The zero-order chi connectivity index (χ0) is 22.2. The van der Waals surface area contributed by atoms with Gasteiger partial charge in [-0.2, -0.15) is 13.2 Å². The SMILES string of the molecule is CC(C)NC(=O)n1nc(-c2ccc(Cl)cc2Cl)n(-c2ccc(C(F)(F)F)cc2)c1=O. The van der Waals surface area contributed by atoms with Crippen LogP contribution in [0.4, 0.5) is 18.0 Å². The van der Waals surface area contributed by atoms with Gasteiger partial charge in [0, 0.05) is 16.6 Å². The number of nitrogens with zero attached hydrogens (tertiary/aromatic N) is 3. The third-order valence-corrected chi connectivity index (χ3v) is 4.56. The molecule has 0 aliphatic rings. The molecule has 3 rings (SSSR count). The molecule has 1 N–H and O–H groups in total. The average Bonchev–Trinajstić information content (AvgIpc) is 2.97. The number of halogens is 5. The van der Waals surface area contributed by atoms with E-state index in [9.17, 15) is 22.8 Å². The topological polar surface area (TPSA) is 68.9 Å².